The average molecular weight is 406 g/mol. The molecule has 1 N–H and O–H groups in total. The summed E-state index contributed by atoms with van der Waals surface area (Å²) in [5.74, 6) is -0.547. The largest absolute Gasteiger partial charge is 0.351 e. The van der Waals surface area contributed by atoms with Gasteiger partial charge >= 0.3 is 0 Å². The number of rotatable bonds is 6. The SMILES string of the molecule is CCC1S/C(=C(\C#N)C(=O)NCCc2ccccc2)N(c2ccc(C)cc2)C1=O. The van der Waals surface area contributed by atoms with Crippen LogP contribution in [0.5, 0.6) is 0 Å². The molecule has 1 aliphatic heterocycles. The van der Waals surface area contributed by atoms with Gasteiger partial charge in [-0.1, -0.05) is 66.7 Å². The molecule has 3 rings (SSSR count). The second kappa shape index (κ2) is 9.44. The maximum absolute atomic E-state index is 12.9. The van der Waals surface area contributed by atoms with Crippen LogP contribution in [-0.4, -0.2) is 23.6 Å². The molecule has 6 heteroatoms. The van der Waals surface area contributed by atoms with E-state index in [4.69, 9.17) is 0 Å². The highest BCUT2D eigenvalue weighted by Crippen LogP contribution is 2.41. The lowest BCUT2D eigenvalue weighted by atomic mass is 10.1. The first-order valence-corrected chi connectivity index (χ1v) is 10.5. The topological polar surface area (TPSA) is 73.2 Å². The van der Waals surface area contributed by atoms with Crippen LogP contribution in [0.25, 0.3) is 0 Å². The van der Waals surface area contributed by atoms with Crippen molar-refractivity contribution in [2.45, 2.75) is 31.9 Å². The second-order valence-electron chi connectivity index (χ2n) is 6.81. The van der Waals surface area contributed by atoms with E-state index in [2.05, 4.69) is 5.32 Å². The summed E-state index contributed by atoms with van der Waals surface area (Å²) < 4.78 is 0. The van der Waals surface area contributed by atoms with Gasteiger partial charge in [-0.3, -0.25) is 14.5 Å². The summed E-state index contributed by atoms with van der Waals surface area (Å²) >= 11 is 1.29. The van der Waals surface area contributed by atoms with Crippen LogP contribution in [0.3, 0.4) is 0 Å². The fourth-order valence-corrected chi connectivity index (χ4v) is 4.30. The Balaban J connectivity index is 1.84. The third kappa shape index (κ3) is 4.69. The van der Waals surface area contributed by atoms with Crippen LogP contribution in [0.2, 0.25) is 0 Å². The predicted molar refractivity (Wildman–Crippen MR) is 116 cm³/mol. The number of nitrogens with zero attached hydrogens (tertiary/aromatic N) is 2. The molecular formula is C23H23N3O2S. The molecule has 1 aliphatic rings. The van der Waals surface area contributed by atoms with Gasteiger partial charge in [0.15, 0.2) is 0 Å². The molecule has 1 heterocycles. The van der Waals surface area contributed by atoms with E-state index in [1.54, 1.807) is 0 Å². The number of nitrogens with one attached hydrogen (secondary N) is 1. The molecule has 5 nitrogen and oxygen atoms in total. The summed E-state index contributed by atoms with van der Waals surface area (Å²) in [4.78, 5) is 27.2. The number of carbonyl (C=O) groups excluding carboxylic acids is 2. The van der Waals surface area contributed by atoms with Crippen molar-refractivity contribution in [1.29, 1.82) is 5.26 Å². The third-order valence-corrected chi connectivity index (χ3v) is 6.14. The first-order valence-electron chi connectivity index (χ1n) is 9.59. The van der Waals surface area contributed by atoms with Gasteiger partial charge < -0.3 is 5.32 Å². The van der Waals surface area contributed by atoms with Crippen molar-refractivity contribution < 1.29 is 9.59 Å². The standard InChI is InChI=1S/C23H23N3O2S/c1-3-20-22(28)26(18-11-9-16(2)10-12-18)23(29-20)19(15-24)21(27)25-14-13-17-7-5-4-6-8-17/h4-12,20H,3,13-14H2,1-2H3,(H,25,27)/b23-19+. The van der Waals surface area contributed by atoms with E-state index in [1.807, 2.05) is 74.5 Å². The van der Waals surface area contributed by atoms with Crippen molar-refractivity contribution >= 4 is 29.3 Å². The molecule has 0 aromatic heterocycles. The van der Waals surface area contributed by atoms with E-state index in [1.165, 1.54) is 16.7 Å². The Labute approximate surface area is 175 Å². The van der Waals surface area contributed by atoms with E-state index in [0.717, 1.165) is 11.1 Å². The molecule has 1 atom stereocenters. The van der Waals surface area contributed by atoms with Crippen LogP contribution in [-0.2, 0) is 16.0 Å². The van der Waals surface area contributed by atoms with Crippen LogP contribution in [0, 0.1) is 18.3 Å². The predicted octanol–water partition coefficient (Wildman–Crippen LogP) is 3.95. The average Bonchev–Trinajstić information content (AvgIpc) is 3.06. The zero-order valence-electron chi connectivity index (χ0n) is 16.5. The van der Waals surface area contributed by atoms with E-state index >= 15 is 0 Å². The Hall–Kier alpha value is -3.04. The fraction of sp³-hybridized carbons (Fsp3) is 0.261. The molecule has 0 bridgehead atoms. The number of aryl methyl sites for hydroxylation is 1. The zero-order chi connectivity index (χ0) is 20.8. The molecule has 0 radical (unpaired) electrons. The Kier molecular flexibility index (Phi) is 6.73. The van der Waals surface area contributed by atoms with E-state index in [0.29, 0.717) is 30.1 Å². The van der Waals surface area contributed by atoms with E-state index in [9.17, 15) is 14.9 Å². The molecule has 0 saturated carbocycles. The van der Waals surface area contributed by atoms with Gasteiger partial charge in [-0.2, -0.15) is 5.26 Å². The van der Waals surface area contributed by atoms with Crippen molar-refractivity contribution in [1.82, 2.24) is 5.32 Å². The van der Waals surface area contributed by atoms with Crippen LogP contribution in [0.15, 0.2) is 65.2 Å². The fourth-order valence-electron chi connectivity index (χ4n) is 3.10. The minimum absolute atomic E-state index is 0.0204. The van der Waals surface area contributed by atoms with Gasteiger partial charge in [0.05, 0.1) is 5.25 Å². The molecule has 1 fully saturated rings. The van der Waals surface area contributed by atoms with Crippen molar-refractivity contribution in [2.75, 3.05) is 11.4 Å². The maximum Gasteiger partial charge on any atom is 0.264 e. The molecule has 1 unspecified atom stereocenters. The monoisotopic (exact) mass is 405 g/mol. The Morgan fingerprint density at radius 2 is 1.86 bits per heavy atom. The molecule has 148 valence electrons. The first-order chi connectivity index (χ1) is 14.0. The van der Waals surface area contributed by atoms with Gasteiger partial charge in [-0.15, -0.1) is 0 Å². The Morgan fingerprint density at radius 1 is 1.17 bits per heavy atom. The first kappa shape index (κ1) is 20.7. The highest BCUT2D eigenvalue weighted by atomic mass is 32.2. The summed E-state index contributed by atoms with van der Waals surface area (Å²) in [6.07, 6.45) is 1.30. The minimum Gasteiger partial charge on any atom is -0.351 e. The molecule has 1 saturated heterocycles. The number of carbonyl (C=O) groups is 2. The van der Waals surface area contributed by atoms with Gasteiger partial charge in [0, 0.05) is 12.2 Å². The number of hydrogen-bond donors (Lipinski definition) is 1. The number of amides is 2. The van der Waals surface area contributed by atoms with Crippen molar-refractivity contribution in [3.8, 4) is 6.07 Å². The molecule has 0 spiro atoms. The molecule has 2 aromatic carbocycles. The van der Waals surface area contributed by atoms with Gasteiger partial charge in [0.25, 0.3) is 5.91 Å². The number of hydrogen-bond acceptors (Lipinski definition) is 4. The molecule has 0 aliphatic carbocycles. The highest BCUT2D eigenvalue weighted by Gasteiger charge is 2.39. The molecular weight excluding hydrogens is 382 g/mol. The van der Waals surface area contributed by atoms with Crippen LogP contribution >= 0.6 is 11.8 Å². The summed E-state index contributed by atoms with van der Waals surface area (Å²) in [7, 11) is 0. The number of benzene rings is 2. The minimum atomic E-state index is -0.451. The van der Waals surface area contributed by atoms with Crippen LogP contribution in [0.1, 0.15) is 24.5 Å². The van der Waals surface area contributed by atoms with Gasteiger partial charge in [-0.05, 0) is 37.5 Å². The van der Waals surface area contributed by atoms with Crippen LogP contribution < -0.4 is 10.2 Å². The summed E-state index contributed by atoms with van der Waals surface area (Å²) in [5, 5.41) is 12.6. The van der Waals surface area contributed by atoms with Gasteiger partial charge in [0.2, 0.25) is 5.91 Å². The molecule has 2 aromatic rings. The number of thioether (sulfide) groups is 1. The number of anilines is 1. The Morgan fingerprint density at radius 3 is 2.48 bits per heavy atom. The van der Waals surface area contributed by atoms with Crippen molar-refractivity contribution in [3.63, 3.8) is 0 Å². The summed E-state index contributed by atoms with van der Waals surface area (Å²) in [6.45, 7) is 4.32. The summed E-state index contributed by atoms with van der Waals surface area (Å²) in [5.41, 5.74) is 2.83. The Bertz CT molecular complexity index is 962. The number of nitriles is 1. The normalized spacial score (nSPS) is 17.8. The maximum atomic E-state index is 12.9. The van der Waals surface area contributed by atoms with E-state index in [-0.39, 0.29) is 16.7 Å². The molecule has 2 amide bonds. The third-order valence-electron chi connectivity index (χ3n) is 4.71. The lowest BCUT2D eigenvalue weighted by Crippen LogP contribution is -2.32. The quantitative estimate of drug-likeness (QED) is 0.583. The highest BCUT2D eigenvalue weighted by molar-refractivity contribution is 8.05. The van der Waals surface area contributed by atoms with Crippen molar-refractivity contribution in [2.24, 2.45) is 0 Å². The van der Waals surface area contributed by atoms with E-state index < -0.39 is 5.91 Å². The molecule has 29 heavy (non-hydrogen) atoms. The summed E-state index contributed by atoms with van der Waals surface area (Å²) in [6, 6.07) is 19.4. The van der Waals surface area contributed by atoms with Gasteiger partial charge in [0.1, 0.15) is 16.7 Å². The zero-order valence-corrected chi connectivity index (χ0v) is 17.3. The van der Waals surface area contributed by atoms with Gasteiger partial charge in [-0.25, -0.2) is 0 Å². The van der Waals surface area contributed by atoms with Crippen molar-refractivity contribution in [3.05, 3.63) is 76.3 Å². The smallest absolute Gasteiger partial charge is 0.264 e. The second-order valence-corrected chi connectivity index (χ2v) is 8.00. The lowest BCUT2D eigenvalue weighted by Gasteiger charge is -2.19. The lowest BCUT2D eigenvalue weighted by molar-refractivity contribution is -0.117. The van der Waals surface area contributed by atoms with Crippen LogP contribution in [0.4, 0.5) is 5.69 Å².